The van der Waals surface area contributed by atoms with E-state index in [1.54, 1.807) is 11.8 Å². The summed E-state index contributed by atoms with van der Waals surface area (Å²) in [5, 5.41) is 2.97. The fourth-order valence-corrected chi connectivity index (χ4v) is 2.88. The minimum absolute atomic E-state index is 0.124. The van der Waals surface area contributed by atoms with Gasteiger partial charge < -0.3 is 10.1 Å². The van der Waals surface area contributed by atoms with E-state index in [0.717, 1.165) is 45.1 Å². The molecule has 0 spiro atoms. The number of amides is 1. The molecule has 1 heterocycles. The number of nitrogens with zero attached hydrogens (tertiary/aromatic N) is 1. The van der Waals surface area contributed by atoms with Gasteiger partial charge in [0.25, 0.3) is 0 Å². The number of nitrogens with one attached hydrogen (secondary N) is 1. The Kier molecular flexibility index (Phi) is 6.91. The van der Waals surface area contributed by atoms with Gasteiger partial charge in [-0.1, -0.05) is 30.3 Å². The van der Waals surface area contributed by atoms with Crippen molar-refractivity contribution in [3.63, 3.8) is 0 Å². The summed E-state index contributed by atoms with van der Waals surface area (Å²) in [6, 6.07) is 10.2. The van der Waals surface area contributed by atoms with E-state index < -0.39 is 0 Å². The molecule has 1 saturated heterocycles. The number of thioether (sulfide) groups is 1. The van der Waals surface area contributed by atoms with Crippen LogP contribution in [-0.2, 0) is 15.3 Å². The quantitative estimate of drug-likeness (QED) is 0.825. The van der Waals surface area contributed by atoms with E-state index in [-0.39, 0.29) is 5.91 Å². The number of hydrogen-bond donors (Lipinski definition) is 1. The first-order valence-electron chi connectivity index (χ1n) is 7.03. The number of hydrogen-bond acceptors (Lipinski definition) is 4. The Bertz CT molecular complexity index is 394. The summed E-state index contributed by atoms with van der Waals surface area (Å²) < 4.78 is 5.29. The predicted octanol–water partition coefficient (Wildman–Crippen LogP) is 1.37. The van der Waals surface area contributed by atoms with Crippen LogP contribution in [0.2, 0.25) is 0 Å². The Morgan fingerprint density at radius 1 is 1.25 bits per heavy atom. The molecule has 0 radical (unpaired) electrons. The standard InChI is InChI=1S/C15H22N2O2S/c18-15(13-20-12-14-4-2-1-3-5-14)16-6-7-17-8-10-19-11-9-17/h1-5H,6-13H2,(H,16,18). The normalized spacial score (nSPS) is 16.0. The first-order valence-corrected chi connectivity index (χ1v) is 8.18. The van der Waals surface area contributed by atoms with Crippen LogP contribution < -0.4 is 5.32 Å². The molecule has 0 bridgehead atoms. The molecule has 110 valence electrons. The lowest BCUT2D eigenvalue weighted by Crippen LogP contribution is -2.41. The number of morpholine rings is 1. The van der Waals surface area contributed by atoms with Gasteiger partial charge in [-0.15, -0.1) is 11.8 Å². The first-order chi connectivity index (χ1) is 9.84. The first kappa shape index (κ1) is 15.4. The van der Waals surface area contributed by atoms with Crippen molar-refractivity contribution in [1.82, 2.24) is 10.2 Å². The van der Waals surface area contributed by atoms with Gasteiger partial charge in [0.2, 0.25) is 5.91 Å². The monoisotopic (exact) mass is 294 g/mol. The number of carbonyl (C=O) groups excluding carboxylic acids is 1. The summed E-state index contributed by atoms with van der Waals surface area (Å²) in [6.07, 6.45) is 0. The average molecular weight is 294 g/mol. The third kappa shape index (κ3) is 5.94. The van der Waals surface area contributed by atoms with Crippen LogP contribution in [0.4, 0.5) is 0 Å². The Morgan fingerprint density at radius 2 is 2.00 bits per heavy atom. The van der Waals surface area contributed by atoms with E-state index in [1.165, 1.54) is 5.56 Å². The molecule has 0 aliphatic carbocycles. The molecule has 0 unspecified atom stereocenters. The van der Waals surface area contributed by atoms with Gasteiger partial charge in [-0.3, -0.25) is 9.69 Å². The van der Waals surface area contributed by atoms with Crippen molar-refractivity contribution in [3.8, 4) is 0 Å². The molecule has 1 amide bonds. The summed E-state index contributed by atoms with van der Waals surface area (Å²) >= 11 is 1.65. The third-order valence-corrected chi connectivity index (χ3v) is 4.20. The molecule has 1 N–H and O–H groups in total. The van der Waals surface area contributed by atoms with Crippen molar-refractivity contribution in [1.29, 1.82) is 0 Å². The Labute approximate surface area is 124 Å². The van der Waals surface area contributed by atoms with E-state index >= 15 is 0 Å². The van der Waals surface area contributed by atoms with Crippen molar-refractivity contribution >= 4 is 17.7 Å². The highest BCUT2D eigenvalue weighted by molar-refractivity contribution is 7.99. The Balaban J connectivity index is 1.52. The van der Waals surface area contributed by atoms with Gasteiger partial charge >= 0.3 is 0 Å². The largest absolute Gasteiger partial charge is 0.379 e. The fraction of sp³-hybridized carbons (Fsp3) is 0.533. The van der Waals surface area contributed by atoms with Crippen molar-refractivity contribution in [2.45, 2.75) is 5.75 Å². The van der Waals surface area contributed by atoms with Crippen LogP contribution in [0.25, 0.3) is 0 Å². The second-order valence-corrected chi connectivity index (χ2v) is 5.77. The lowest BCUT2D eigenvalue weighted by Gasteiger charge is -2.26. The second-order valence-electron chi connectivity index (χ2n) is 4.78. The second kappa shape index (κ2) is 9.00. The summed E-state index contributed by atoms with van der Waals surface area (Å²) in [5.74, 6) is 1.54. The molecule has 1 aliphatic heterocycles. The van der Waals surface area contributed by atoms with E-state index in [1.807, 2.05) is 18.2 Å². The van der Waals surface area contributed by atoms with Crippen LogP contribution in [0.1, 0.15) is 5.56 Å². The summed E-state index contributed by atoms with van der Waals surface area (Å²) in [4.78, 5) is 14.0. The van der Waals surface area contributed by atoms with E-state index in [9.17, 15) is 4.79 Å². The highest BCUT2D eigenvalue weighted by Crippen LogP contribution is 2.10. The highest BCUT2D eigenvalue weighted by atomic mass is 32.2. The van der Waals surface area contributed by atoms with Crippen molar-refractivity contribution in [2.75, 3.05) is 45.1 Å². The molecular formula is C15H22N2O2S. The van der Waals surface area contributed by atoms with Crippen LogP contribution >= 0.6 is 11.8 Å². The van der Waals surface area contributed by atoms with Gasteiger partial charge in [-0.2, -0.15) is 0 Å². The Morgan fingerprint density at radius 3 is 2.75 bits per heavy atom. The lowest BCUT2D eigenvalue weighted by molar-refractivity contribution is -0.118. The molecule has 4 nitrogen and oxygen atoms in total. The Hall–Kier alpha value is -1.04. The molecule has 1 fully saturated rings. The van der Waals surface area contributed by atoms with Crippen LogP contribution in [0.5, 0.6) is 0 Å². The van der Waals surface area contributed by atoms with Crippen LogP contribution in [-0.4, -0.2) is 56.0 Å². The molecule has 2 rings (SSSR count). The van der Waals surface area contributed by atoms with Gasteiger partial charge in [0.05, 0.1) is 19.0 Å². The van der Waals surface area contributed by atoms with Crippen molar-refractivity contribution < 1.29 is 9.53 Å². The molecule has 20 heavy (non-hydrogen) atoms. The van der Waals surface area contributed by atoms with Crippen LogP contribution in [0.15, 0.2) is 30.3 Å². The van der Waals surface area contributed by atoms with Crippen molar-refractivity contribution in [3.05, 3.63) is 35.9 Å². The maximum absolute atomic E-state index is 11.7. The van der Waals surface area contributed by atoms with Gasteiger partial charge in [-0.05, 0) is 5.56 Å². The van der Waals surface area contributed by atoms with Crippen LogP contribution in [0, 0.1) is 0 Å². The van der Waals surface area contributed by atoms with Gasteiger partial charge in [0, 0.05) is 31.9 Å². The number of carbonyl (C=O) groups is 1. The molecule has 0 saturated carbocycles. The zero-order valence-corrected chi connectivity index (χ0v) is 12.5. The number of rotatable bonds is 7. The molecule has 5 heteroatoms. The number of ether oxygens (including phenoxy) is 1. The topological polar surface area (TPSA) is 41.6 Å². The van der Waals surface area contributed by atoms with E-state index in [4.69, 9.17) is 4.74 Å². The fourth-order valence-electron chi connectivity index (χ4n) is 2.07. The van der Waals surface area contributed by atoms with E-state index in [2.05, 4.69) is 22.3 Å². The summed E-state index contributed by atoms with van der Waals surface area (Å²) in [5.41, 5.74) is 1.26. The minimum Gasteiger partial charge on any atom is -0.379 e. The molecule has 1 aliphatic rings. The summed E-state index contributed by atoms with van der Waals surface area (Å²) in [6.45, 7) is 5.20. The molecule has 1 aromatic carbocycles. The predicted molar refractivity (Wildman–Crippen MR) is 82.9 cm³/mol. The molecule has 1 aromatic rings. The third-order valence-electron chi connectivity index (χ3n) is 3.20. The molecule has 0 atom stereocenters. The van der Waals surface area contributed by atoms with Crippen molar-refractivity contribution in [2.24, 2.45) is 0 Å². The average Bonchev–Trinajstić information content (AvgIpc) is 2.49. The minimum atomic E-state index is 0.124. The smallest absolute Gasteiger partial charge is 0.230 e. The maximum Gasteiger partial charge on any atom is 0.230 e. The van der Waals surface area contributed by atoms with Gasteiger partial charge in [-0.25, -0.2) is 0 Å². The number of benzene rings is 1. The lowest BCUT2D eigenvalue weighted by atomic mass is 10.2. The van der Waals surface area contributed by atoms with Gasteiger partial charge in [0.1, 0.15) is 0 Å². The zero-order chi connectivity index (χ0) is 14.0. The van der Waals surface area contributed by atoms with Gasteiger partial charge in [0.15, 0.2) is 0 Å². The maximum atomic E-state index is 11.7. The molecular weight excluding hydrogens is 272 g/mol. The molecule has 0 aromatic heterocycles. The van der Waals surface area contributed by atoms with Crippen LogP contribution in [0.3, 0.4) is 0 Å². The summed E-state index contributed by atoms with van der Waals surface area (Å²) in [7, 11) is 0. The van der Waals surface area contributed by atoms with E-state index in [0.29, 0.717) is 5.75 Å². The highest BCUT2D eigenvalue weighted by Gasteiger charge is 2.10. The zero-order valence-electron chi connectivity index (χ0n) is 11.7. The SMILES string of the molecule is O=C(CSCc1ccccc1)NCCN1CCOCC1.